The van der Waals surface area contributed by atoms with Crippen LogP contribution in [0.25, 0.3) is 0 Å². The molecule has 0 unspecified atom stereocenters. The van der Waals surface area contributed by atoms with E-state index in [2.05, 4.69) is 31.3 Å². The van der Waals surface area contributed by atoms with Crippen molar-refractivity contribution >= 4 is 23.4 Å². The third kappa shape index (κ3) is 6.98. The molecule has 4 rings (SSSR count). The van der Waals surface area contributed by atoms with Crippen LogP contribution in [0, 0.1) is 13.8 Å². The first-order valence-corrected chi connectivity index (χ1v) is 13.2. The van der Waals surface area contributed by atoms with E-state index in [4.69, 9.17) is 11.6 Å². The number of rotatable bonds is 9. The minimum absolute atomic E-state index is 0.0595. The molecule has 0 spiro atoms. The molecule has 0 heterocycles. The lowest BCUT2D eigenvalue weighted by Crippen LogP contribution is -2.52. The Bertz CT molecular complexity index is 1170. The summed E-state index contributed by atoms with van der Waals surface area (Å²) in [4.78, 5) is 29.4. The quantitative estimate of drug-likeness (QED) is 0.379. The van der Waals surface area contributed by atoms with E-state index < -0.39 is 6.04 Å². The second kappa shape index (κ2) is 12.2. The van der Waals surface area contributed by atoms with Gasteiger partial charge in [-0.3, -0.25) is 9.59 Å². The molecule has 188 valence electrons. The first kappa shape index (κ1) is 26.0. The van der Waals surface area contributed by atoms with E-state index in [0.29, 0.717) is 18.0 Å². The first-order valence-electron chi connectivity index (χ1n) is 12.8. The average molecular weight is 503 g/mol. The summed E-state index contributed by atoms with van der Waals surface area (Å²) < 4.78 is 0. The van der Waals surface area contributed by atoms with Gasteiger partial charge < -0.3 is 10.2 Å². The number of halogens is 1. The third-order valence-corrected chi connectivity index (χ3v) is 7.42. The summed E-state index contributed by atoms with van der Waals surface area (Å²) in [6.45, 7) is 4.47. The zero-order valence-electron chi connectivity index (χ0n) is 21.2. The molecule has 4 nitrogen and oxygen atoms in total. The molecule has 3 aromatic rings. The van der Waals surface area contributed by atoms with E-state index in [-0.39, 0.29) is 24.3 Å². The molecular formula is C31H35ClN2O2. The van der Waals surface area contributed by atoms with Gasteiger partial charge in [-0.25, -0.2) is 0 Å². The maximum atomic E-state index is 13.9. The van der Waals surface area contributed by atoms with Crippen molar-refractivity contribution in [3.05, 3.63) is 106 Å². The average Bonchev–Trinajstić information content (AvgIpc) is 3.38. The van der Waals surface area contributed by atoms with Crippen LogP contribution in [0.1, 0.15) is 53.5 Å². The molecule has 0 aliphatic heterocycles. The van der Waals surface area contributed by atoms with Gasteiger partial charge in [0.15, 0.2) is 0 Å². The van der Waals surface area contributed by atoms with Gasteiger partial charge in [-0.05, 0) is 66.6 Å². The summed E-state index contributed by atoms with van der Waals surface area (Å²) in [7, 11) is 0. The smallest absolute Gasteiger partial charge is 0.243 e. The molecule has 1 fully saturated rings. The van der Waals surface area contributed by atoms with Crippen LogP contribution in [0.15, 0.2) is 72.8 Å². The summed E-state index contributed by atoms with van der Waals surface area (Å²) in [5.41, 5.74) is 5.29. The minimum atomic E-state index is -0.609. The van der Waals surface area contributed by atoms with Crippen molar-refractivity contribution in [3.63, 3.8) is 0 Å². The highest BCUT2D eigenvalue weighted by molar-refractivity contribution is 6.30. The fourth-order valence-corrected chi connectivity index (χ4v) is 5.02. The summed E-state index contributed by atoms with van der Waals surface area (Å²) in [6.07, 6.45) is 4.97. The van der Waals surface area contributed by atoms with Gasteiger partial charge in [0.05, 0.1) is 6.42 Å². The highest BCUT2D eigenvalue weighted by Gasteiger charge is 2.32. The zero-order chi connectivity index (χ0) is 25.5. The maximum Gasteiger partial charge on any atom is 0.243 e. The number of carbonyl (C=O) groups excluding carboxylic acids is 2. The Hall–Kier alpha value is -3.11. The van der Waals surface area contributed by atoms with E-state index >= 15 is 0 Å². The van der Waals surface area contributed by atoms with Crippen LogP contribution in [0.4, 0.5) is 0 Å². The number of aryl methyl sites for hydroxylation is 2. The molecule has 1 atom stereocenters. The Kier molecular flexibility index (Phi) is 8.82. The largest absolute Gasteiger partial charge is 0.352 e. The van der Waals surface area contributed by atoms with Gasteiger partial charge in [-0.15, -0.1) is 0 Å². The Labute approximate surface area is 219 Å². The highest BCUT2D eigenvalue weighted by Crippen LogP contribution is 2.21. The molecule has 0 radical (unpaired) electrons. The predicted octanol–water partition coefficient (Wildman–Crippen LogP) is 6.20. The number of carbonyl (C=O) groups is 2. The van der Waals surface area contributed by atoms with E-state index in [1.54, 1.807) is 4.90 Å². The summed E-state index contributed by atoms with van der Waals surface area (Å²) >= 11 is 6.12. The van der Waals surface area contributed by atoms with E-state index in [9.17, 15) is 9.59 Å². The van der Waals surface area contributed by atoms with Crippen LogP contribution < -0.4 is 5.32 Å². The molecule has 0 bridgehead atoms. The van der Waals surface area contributed by atoms with E-state index in [0.717, 1.165) is 47.9 Å². The standard InChI is InChI=1S/C31H35ClN2O2/c1-22-12-13-26(18-23(22)2)20-30(35)34(21-25-14-16-27(32)17-15-25)29(19-24-8-4-3-5-9-24)31(36)33-28-10-6-7-11-28/h3-5,8-9,12-18,28-29H,6-7,10-11,19-21H2,1-2H3,(H,33,36)/t29-/m0/s1. The molecule has 3 aromatic carbocycles. The highest BCUT2D eigenvalue weighted by atomic mass is 35.5. The number of nitrogens with one attached hydrogen (secondary N) is 1. The van der Waals surface area contributed by atoms with Crippen molar-refractivity contribution < 1.29 is 9.59 Å². The van der Waals surface area contributed by atoms with Crippen LogP contribution in [-0.2, 0) is 29.0 Å². The predicted molar refractivity (Wildman–Crippen MR) is 146 cm³/mol. The van der Waals surface area contributed by atoms with Crippen molar-refractivity contribution in [1.29, 1.82) is 0 Å². The molecule has 36 heavy (non-hydrogen) atoms. The van der Waals surface area contributed by atoms with Crippen LogP contribution in [0.2, 0.25) is 5.02 Å². The lowest BCUT2D eigenvalue weighted by atomic mass is 10.00. The van der Waals surface area contributed by atoms with E-state index in [1.807, 2.05) is 60.7 Å². The van der Waals surface area contributed by atoms with Crippen molar-refractivity contribution in [2.24, 2.45) is 0 Å². The Morgan fingerprint density at radius 2 is 1.56 bits per heavy atom. The second-order valence-corrected chi connectivity index (χ2v) is 10.4. The van der Waals surface area contributed by atoms with Crippen LogP contribution in [0.5, 0.6) is 0 Å². The first-order chi connectivity index (χ1) is 17.4. The van der Waals surface area contributed by atoms with Gasteiger partial charge in [-0.1, -0.05) is 85.1 Å². The van der Waals surface area contributed by atoms with Gasteiger partial charge in [0.2, 0.25) is 11.8 Å². The zero-order valence-corrected chi connectivity index (χ0v) is 21.9. The number of hydrogen-bond donors (Lipinski definition) is 1. The van der Waals surface area contributed by atoms with Gasteiger partial charge in [0, 0.05) is 24.0 Å². The molecule has 0 saturated heterocycles. The van der Waals surface area contributed by atoms with E-state index in [1.165, 1.54) is 5.56 Å². The Morgan fingerprint density at radius 3 is 2.22 bits per heavy atom. The van der Waals surface area contributed by atoms with Gasteiger partial charge in [-0.2, -0.15) is 0 Å². The van der Waals surface area contributed by atoms with Crippen LogP contribution in [0.3, 0.4) is 0 Å². The Morgan fingerprint density at radius 1 is 0.889 bits per heavy atom. The molecule has 5 heteroatoms. The fraction of sp³-hybridized carbons (Fsp3) is 0.355. The molecule has 2 amide bonds. The fourth-order valence-electron chi connectivity index (χ4n) is 4.90. The monoisotopic (exact) mass is 502 g/mol. The molecule has 1 N–H and O–H groups in total. The molecule has 0 aromatic heterocycles. The van der Waals surface area contributed by atoms with Crippen molar-refractivity contribution in [1.82, 2.24) is 10.2 Å². The summed E-state index contributed by atoms with van der Waals surface area (Å²) in [5.74, 6) is -0.135. The number of amides is 2. The lowest BCUT2D eigenvalue weighted by Gasteiger charge is -2.32. The summed E-state index contributed by atoms with van der Waals surface area (Å²) in [5, 5.41) is 3.90. The maximum absolute atomic E-state index is 13.9. The van der Waals surface area contributed by atoms with Crippen molar-refractivity contribution in [3.8, 4) is 0 Å². The minimum Gasteiger partial charge on any atom is -0.352 e. The van der Waals surface area contributed by atoms with Gasteiger partial charge in [0.25, 0.3) is 0 Å². The number of nitrogens with zero attached hydrogens (tertiary/aromatic N) is 1. The van der Waals surface area contributed by atoms with Crippen molar-refractivity contribution in [2.45, 2.75) is 71.0 Å². The topological polar surface area (TPSA) is 49.4 Å². The number of benzene rings is 3. The molecular weight excluding hydrogens is 468 g/mol. The molecule has 1 saturated carbocycles. The third-order valence-electron chi connectivity index (χ3n) is 7.17. The lowest BCUT2D eigenvalue weighted by molar-refractivity contribution is -0.141. The molecule has 1 aliphatic rings. The SMILES string of the molecule is Cc1ccc(CC(=O)N(Cc2ccc(Cl)cc2)[C@@H](Cc2ccccc2)C(=O)NC2CCCC2)cc1C. The summed E-state index contributed by atoms with van der Waals surface area (Å²) in [6, 6.07) is 23.2. The van der Waals surface area contributed by atoms with Crippen LogP contribution >= 0.6 is 11.6 Å². The van der Waals surface area contributed by atoms with Crippen LogP contribution in [-0.4, -0.2) is 28.8 Å². The second-order valence-electron chi connectivity index (χ2n) is 9.94. The van der Waals surface area contributed by atoms with Gasteiger partial charge >= 0.3 is 0 Å². The number of hydrogen-bond acceptors (Lipinski definition) is 2. The molecule has 1 aliphatic carbocycles. The normalized spacial score (nSPS) is 14.4. The van der Waals surface area contributed by atoms with Crippen molar-refractivity contribution in [2.75, 3.05) is 0 Å². The Balaban J connectivity index is 1.66. The van der Waals surface area contributed by atoms with Gasteiger partial charge in [0.1, 0.15) is 6.04 Å².